The van der Waals surface area contributed by atoms with Crippen molar-refractivity contribution in [2.24, 2.45) is 0 Å². The van der Waals surface area contributed by atoms with Crippen LogP contribution in [0.2, 0.25) is 10.0 Å². The number of halogens is 2. The zero-order chi connectivity index (χ0) is 9.97. The second-order valence-corrected chi connectivity index (χ2v) is 3.34. The second-order valence-electron chi connectivity index (χ2n) is 2.50. The molecule has 14 heavy (non-hydrogen) atoms. The lowest BCUT2D eigenvalue weighted by Gasteiger charge is -2.03. The number of hydrogen-bond acceptors (Lipinski definition) is 3. The highest BCUT2D eigenvalue weighted by Gasteiger charge is 2.05. The van der Waals surface area contributed by atoms with Crippen LogP contribution in [0.1, 0.15) is 0 Å². The van der Waals surface area contributed by atoms with Crippen LogP contribution in [0.3, 0.4) is 0 Å². The first-order chi connectivity index (χ1) is 6.75. The van der Waals surface area contributed by atoms with E-state index in [2.05, 4.69) is 4.98 Å². The van der Waals surface area contributed by atoms with E-state index < -0.39 is 0 Å². The molecule has 0 bridgehead atoms. The van der Waals surface area contributed by atoms with Crippen LogP contribution in [0.5, 0.6) is 11.7 Å². The summed E-state index contributed by atoms with van der Waals surface area (Å²) < 4.78 is 10.2. The fraction of sp³-hybridized carbons (Fsp3) is 0. The average Bonchev–Trinajstić information content (AvgIpc) is 2.64. The summed E-state index contributed by atoms with van der Waals surface area (Å²) in [5.74, 6) is 0.713. The molecule has 0 saturated carbocycles. The van der Waals surface area contributed by atoms with Crippen molar-refractivity contribution in [1.29, 1.82) is 0 Å². The molecule has 0 N–H and O–H groups in total. The lowest BCUT2D eigenvalue weighted by Crippen LogP contribution is -1.82. The molecule has 0 spiro atoms. The summed E-state index contributed by atoms with van der Waals surface area (Å²) in [6.07, 6.45) is 2.71. The number of hydrogen-bond donors (Lipinski definition) is 0. The van der Waals surface area contributed by atoms with E-state index in [1.807, 2.05) is 0 Å². The quantitative estimate of drug-likeness (QED) is 0.787. The van der Waals surface area contributed by atoms with Crippen LogP contribution in [0, 0.1) is 0 Å². The van der Waals surface area contributed by atoms with Crippen molar-refractivity contribution in [3.05, 3.63) is 40.8 Å². The van der Waals surface area contributed by atoms with Gasteiger partial charge >= 0.3 is 5.95 Å². The van der Waals surface area contributed by atoms with Crippen LogP contribution in [-0.4, -0.2) is 4.98 Å². The lowest BCUT2D eigenvalue weighted by atomic mass is 10.3. The number of aromatic nitrogens is 1. The van der Waals surface area contributed by atoms with Crippen molar-refractivity contribution < 1.29 is 9.15 Å². The van der Waals surface area contributed by atoms with Crippen molar-refractivity contribution in [1.82, 2.24) is 4.98 Å². The molecule has 0 radical (unpaired) electrons. The Balaban J connectivity index is 2.28. The Bertz CT molecular complexity index is 428. The van der Waals surface area contributed by atoms with Crippen LogP contribution in [0.4, 0.5) is 0 Å². The standard InChI is InChI=1S/C9H5Cl2NO2/c10-6-1-2-7(11)8(3-6)14-9-4-12-5-13-9/h1-5H. The first kappa shape index (κ1) is 9.37. The minimum Gasteiger partial charge on any atom is -0.423 e. The van der Waals surface area contributed by atoms with Gasteiger partial charge in [0.15, 0.2) is 12.1 Å². The Morgan fingerprint density at radius 1 is 1.29 bits per heavy atom. The molecule has 0 aliphatic rings. The monoisotopic (exact) mass is 229 g/mol. The zero-order valence-corrected chi connectivity index (χ0v) is 8.42. The fourth-order valence-corrected chi connectivity index (χ4v) is 1.24. The largest absolute Gasteiger partial charge is 0.423 e. The van der Waals surface area contributed by atoms with Crippen LogP contribution in [0.15, 0.2) is 35.2 Å². The van der Waals surface area contributed by atoms with Crippen LogP contribution in [-0.2, 0) is 0 Å². The first-order valence-corrected chi connectivity index (χ1v) is 4.53. The molecule has 0 aliphatic carbocycles. The van der Waals surface area contributed by atoms with E-state index in [0.717, 1.165) is 0 Å². The summed E-state index contributed by atoms with van der Waals surface area (Å²) in [5.41, 5.74) is 0. The first-order valence-electron chi connectivity index (χ1n) is 3.77. The van der Waals surface area contributed by atoms with Gasteiger partial charge in [0.05, 0.1) is 5.02 Å². The van der Waals surface area contributed by atoms with E-state index in [1.165, 1.54) is 12.6 Å². The van der Waals surface area contributed by atoms with E-state index in [0.29, 0.717) is 15.8 Å². The molecule has 2 aromatic rings. The third kappa shape index (κ3) is 2.00. The van der Waals surface area contributed by atoms with Gasteiger partial charge in [0.2, 0.25) is 0 Å². The Labute approximate surface area is 90.2 Å². The number of rotatable bonds is 2. The van der Waals surface area contributed by atoms with Gasteiger partial charge in [-0.2, -0.15) is 0 Å². The summed E-state index contributed by atoms with van der Waals surface area (Å²) in [5, 5.41) is 1.01. The molecule has 0 unspecified atom stereocenters. The lowest BCUT2D eigenvalue weighted by molar-refractivity contribution is 0.346. The Hall–Kier alpha value is -1.19. The third-order valence-corrected chi connectivity index (χ3v) is 2.06. The Morgan fingerprint density at radius 2 is 2.14 bits per heavy atom. The van der Waals surface area contributed by atoms with Gasteiger partial charge in [-0.1, -0.05) is 23.2 Å². The van der Waals surface area contributed by atoms with Gasteiger partial charge in [-0.3, -0.25) is 0 Å². The Kier molecular flexibility index (Phi) is 2.61. The molecule has 72 valence electrons. The highest BCUT2D eigenvalue weighted by atomic mass is 35.5. The molecule has 0 atom stereocenters. The van der Waals surface area contributed by atoms with Gasteiger partial charge in [0.1, 0.15) is 6.20 Å². The molecule has 0 aliphatic heterocycles. The molecule has 0 saturated heterocycles. The average molecular weight is 230 g/mol. The third-order valence-electron chi connectivity index (χ3n) is 1.51. The molecule has 3 nitrogen and oxygen atoms in total. The summed E-state index contributed by atoms with van der Waals surface area (Å²) in [7, 11) is 0. The van der Waals surface area contributed by atoms with Gasteiger partial charge in [0.25, 0.3) is 0 Å². The number of ether oxygens (including phenoxy) is 1. The zero-order valence-electron chi connectivity index (χ0n) is 6.91. The molecule has 2 rings (SSSR count). The van der Waals surface area contributed by atoms with Gasteiger partial charge in [-0.15, -0.1) is 0 Å². The van der Waals surface area contributed by atoms with Crippen LogP contribution >= 0.6 is 23.2 Å². The van der Waals surface area contributed by atoms with E-state index in [9.17, 15) is 0 Å². The maximum Gasteiger partial charge on any atom is 0.310 e. The predicted octanol–water partition coefficient (Wildman–Crippen LogP) is 3.77. The summed E-state index contributed by atoms with van der Waals surface area (Å²) in [6.45, 7) is 0. The van der Waals surface area contributed by atoms with Gasteiger partial charge in [-0.25, -0.2) is 4.98 Å². The van der Waals surface area contributed by atoms with Crippen LogP contribution in [0.25, 0.3) is 0 Å². The maximum absolute atomic E-state index is 5.87. The molecule has 1 aromatic carbocycles. The summed E-state index contributed by atoms with van der Waals surface area (Å²) in [6, 6.07) is 4.93. The fourth-order valence-electron chi connectivity index (χ4n) is 0.918. The van der Waals surface area contributed by atoms with Crippen molar-refractivity contribution >= 4 is 23.2 Å². The molecule has 1 aromatic heterocycles. The molecule has 0 amide bonds. The van der Waals surface area contributed by atoms with E-state index in [-0.39, 0.29) is 5.95 Å². The molecular weight excluding hydrogens is 225 g/mol. The van der Waals surface area contributed by atoms with Gasteiger partial charge < -0.3 is 9.15 Å². The predicted molar refractivity (Wildman–Crippen MR) is 53.0 cm³/mol. The van der Waals surface area contributed by atoms with Gasteiger partial charge in [-0.05, 0) is 12.1 Å². The highest BCUT2D eigenvalue weighted by molar-refractivity contribution is 6.34. The number of benzene rings is 1. The number of oxazole rings is 1. The SMILES string of the molecule is Clc1ccc(Cl)c(Oc2cnco2)c1. The molecule has 5 heteroatoms. The van der Waals surface area contributed by atoms with E-state index in [1.54, 1.807) is 18.2 Å². The minimum atomic E-state index is 0.272. The normalized spacial score (nSPS) is 10.1. The minimum absolute atomic E-state index is 0.272. The summed E-state index contributed by atoms with van der Waals surface area (Å²) in [4.78, 5) is 3.70. The molecule has 1 heterocycles. The maximum atomic E-state index is 5.87. The van der Waals surface area contributed by atoms with Gasteiger partial charge in [0, 0.05) is 11.1 Å². The van der Waals surface area contributed by atoms with Crippen molar-refractivity contribution in [2.75, 3.05) is 0 Å². The van der Waals surface area contributed by atoms with E-state index >= 15 is 0 Å². The summed E-state index contributed by atoms with van der Waals surface area (Å²) >= 11 is 11.6. The van der Waals surface area contributed by atoms with Crippen molar-refractivity contribution in [3.63, 3.8) is 0 Å². The molecular formula is C9H5Cl2NO2. The molecule has 0 fully saturated rings. The smallest absolute Gasteiger partial charge is 0.310 e. The Morgan fingerprint density at radius 3 is 2.86 bits per heavy atom. The highest BCUT2D eigenvalue weighted by Crippen LogP contribution is 2.31. The topological polar surface area (TPSA) is 35.3 Å². The van der Waals surface area contributed by atoms with Crippen LogP contribution < -0.4 is 4.74 Å². The van der Waals surface area contributed by atoms with Crippen molar-refractivity contribution in [2.45, 2.75) is 0 Å². The number of nitrogens with zero attached hydrogens (tertiary/aromatic N) is 1. The second kappa shape index (κ2) is 3.90. The van der Waals surface area contributed by atoms with E-state index in [4.69, 9.17) is 32.4 Å². The van der Waals surface area contributed by atoms with Crippen molar-refractivity contribution in [3.8, 4) is 11.7 Å².